The largest absolute Gasteiger partial charge is 0.328 e. The zero-order chi connectivity index (χ0) is 14.0. The Balaban J connectivity index is 2.25. The van der Waals surface area contributed by atoms with E-state index in [0.717, 1.165) is 4.90 Å². The van der Waals surface area contributed by atoms with E-state index >= 15 is 0 Å². The van der Waals surface area contributed by atoms with E-state index in [9.17, 15) is 19.7 Å². The van der Waals surface area contributed by atoms with E-state index < -0.39 is 16.9 Å². The highest BCUT2D eigenvalue weighted by Gasteiger charge is 2.31. The lowest BCUT2D eigenvalue weighted by Gasteiger charge is -2.05. The smallest absolute Gasteiger partial charge is 0.303 e. The average Bonchev–Trinajstić information content (AvgIpc) is 2.64. The Morgan fingerprint density at radius 3 is 2.42 bits per heavy atom. The lowest BCUT2D eigenvalue weighted by atomic mass is 10.1. The molecule has 0 unspecified atom stereocenters. The summed E-state index contributed by atoms with van der Waals surface area (Å²) in [5, 5.41) is 13.0. The predicted octanol–water partition coefficient (Wildman–Crippen LogP) is 1.51. The summed E-state index contributed by atoms with van der Waals surface area (Å²) in [6.45, 7) is 1.99. The maximum Gasteiger partial charge on any atom is 0.328 e. The number of amides is 3. The predicted molar refractivity (Wildman–Crippen MR) is 67.0 cm³/mol. The van der Waals surface area contributed by atoms with Gasteiger partial charge in [0.2, 0.25) is 0 Å². The van der Waals surface area contributed by atoms with Crippen LogP contribution in [0.2, 0.25) is 0 Å². The average molecular weight is 261 g/mol. The molecule has 0 saturated carbocycles. The van der Waals surface area contributed by atoms with Gasteiger partial charge in [-0.15, -0.1) is 0 Å². The van der Waals surface area contributed by atoms with Gasteiger partial charge in [0.1, 0.15) is 5.70 Å². The van der Waals surface area contributed by atoms with E-state index in [4.69, 9.17) is 0 Å². The molecular weight excluding hydrogens is 250 g/mol. The Morgan fingerprint density at radius 1 is 1.32 bits per heavy atom. The highest BCUT2D eigenvalue weighted by atomic mass is 16.6. The number of nitro benzene ring substituents is 1. The molecule has 98 valence electrons. The molecule has 0 radical (unpaired) electrons. The van der Waals surface area contributed by atoms with E-state index in [1.54, 1.807) is 6.92 Å². The van der Waals surface area contributed by atoms with Crippen LogP contribution in [0, 0.1) is 10.1 Å². The molecule has 0 bridgehead atoms. The molecule has 0 aromatic heterocycles. The van der Waals surface area contributed by atoms with E-state index in [-0.39, 0.29) is 11.4 Å². The number of hydrogen-bond acceptors (Lipinski definition) is 4. The van der Waals surface area contributed by atoms with Crippen molar-refractivity contribution in [3.63, 3.8) is 0 Å². The summed E-state index contributed by atoms with van der Waals surface area (Å²) in [5.74, 6) is -0.397. The van der Waals surface area contributed by atoms with Crippen molar-refractivity contribution in [3.8, 4) is 0 Å². The number of nitrogens with one attached hydrogen (secondary N) is 1. The molecule has 0 aliphatic carbocycles. The number of imide groups is 1. The number of likely N-dealkylation sites (N-methyl/N-ethyl adjacent to an activating group) is 1. The van der Waals surface area contributed by atoms with Gasteiger partial charge in [0.25, 0.3) is 11.6 Å². The minimum Gasteiger partial charge on any atom is -0.303 e. The molecule has 1 saturated heterocycles. The van der Waals surface area contributed by atoms with Crippen LogP contribution in [-0.4, -0.2) is 28.3 Å². The zero-order valence-corrected chi connectivity index (χ0v) is 10.1. The van der Waals surface area contributed by atoms with Gasteiger partial charge in [-0.1, -0.05) is 0 Å². The normalized spacial score (nSPS) is 16.9. The Bertz CT molecular complexity index is 577. The first-order valence-electron chi connectivity index (χ1n) is 5.62. The van der Waals surface area contributed by atoms with Crippen LogP contribution in [0.3, 0.4) is 0 Å². The van der Waals surface area contributed by atoms with Gasteiger partial charge in [-0.25, -0.2) is 4.79 Å². The van der Waals surface area contributed by atoms with Crippen molar-refractivity contribution in [1.29, 1.82) is 0 Å². The number of rotatable bonds is 3. The third kappa shape index (κ3) is 2.44. The minimum absolute atomic E-state index is 0.0286. The summed E-state index contributed by atoms with van der Waals surface area (Å²) in [6.07, 6.45) is 1.49. The number of hydrogen-bond donors (Lipinski definition) is 1. The number of benzene rings is 1. The van der Waals surface area contributed by atoms with Crippen LogP contribution in [-0.2, 0) is 4.79 Å². The lowest BCUT2D eigenvalue weighted by molar-refractivity contribution is -0.384. The third-order valence-corrected chi connectivity index (χ3v) is 2.69. The van der Waals surface area contributed by atoms with Crippen molar-refractivity contribution in [2.45, 2.75) is 6.92 Å². The van der Waals surface area contributed by atoms with Crippen LogP contribution in [0.15, 0.2) is 30.0 Å². The topological polar surface area (TPSA) is 92.6 Å². The van der Waals surface area contributed by atoms with E-state index in [2.05, 4.69) is 5.32 Å². The number of carbonyl (C=O) groups is 2. The number of nitro groups is 1. The van der Waals surface area contributed by atoms with Crippen molar-refractivity contribution in [3.05, 3.63) is 45.6 Å². The standard InChI is InChI=1S/C12H11N3O4/c1-2-14-11(16)10(13-12(14)17)7-8-3-5-9(6-4-8)15(18)19/h3-7H,2H2,1H3,(H,13,17). The summed E-state index contributed by atoms with van der Waals surface area (Å²) in [7, 11) is 0. The Morgan fingerprint density at radius 2 is 1.95 bits per heavy atom. The molecular formula is C12H11N3O4. The molecule has 1 heterocycles. The minimum atomic E-state index is -0.502. The van der Waals surface area contributed by atoms with Gasteiger partial charge in [-0.05, 0) is 30.7 Å². The van der Waals surface area contributed by atoms with Crippen LogP contribution in [0.25, 0.3) is 6.08 Å². The number of urea groups is 1. The van der Waals surface area contributed by atoms with Crippen molar-refractivity contribution >= 4 is 23.7 Å². The van der Waals surface area contributed by atoms with Gasteiger partial charge in [0.05, 0.1) is 4.92 Å². The molecule has 1 aromatic carbocycles. The van der Waals surface area contributed by atoms with Crippen LogP contribution in [0.4, 0.5) is 10.5 Å². The van der Waals surface area contributed by atoms with Gasteiger partial charge in [-0.2, -0.15) is 0 Å². The number of carbonyl (C=O) groups excluding carboxylic acids is 2. The fourth-order valence-electron chi connectivity index (χ4n) is 1.72. The molecule has 1 aromatic rings. The maximum absolute atomic E-state index is 11.8. The van der Waals surface area contributed by atoms with Gasteiger partial charge in [0.15, 0.2) is 0 Å². The molecule has 1 fully saturated rings. The van der Waals surface area contributed by atoms with Crippen molar-refractivity contribution in [1.82, 2.24) is 10.2 Å². The Kier molecular flexibility index (Phi) is 3.28. The monoisotopic (exact) mass is 261 g/mol. The van der Waals surface area contributed by atoms with Crippen molar-refractivity contribution in [2.24, 2.45) is 0 Å². The molecule has 1 aliphatic heterocycles. The first-order valence-corrected chi connectivity index (χ1v) is 5.62. The second-order valence-electron chi connectivity index (χ2n) is 3.89. The summed E-state index contributed by atoms with van der Waals surface area (Å²) in [4.78, 5) is 34.3. The first kappa shape index (κ1) is 12.7. The summed E-state index contributed by atoms with van der Waals surface area (Å²) in [5.41, 5.74) is 0.743. The summed E-state index contributed by atoms with van der Waals surface area (Å²) < 4.78 is 0. The summed E-state index contributed by atoms with van der Waals surface area (Å²) >= 11 is 0. The van der Waals surface area contributed by atoms with Crippen LogP contribution in [0.5, 0.6) is 0 Å². The fraction of sp³-hybridized carbons (Fsp3) is 0.167. The summed E-state index contributed by atoms with van der Waals surface area (Å²) in [6, 6.07) is 5.25. The Hall–Kier alpha value is -2.70. The van der Waals surface area contributed by atoms with Crippen LogP contribution in [0.1, 0.15) is 12.5 Å². The van der Waals surface area contributed by atoms with Crippen LogP contribution < -0.4 is 5.32 Å². The van der Waals surface area contributed by atoms with Gasteiger partial charge >= 0.3 is 6.03 Å². The number of non-ortho nitro benzene ring substituents is 1. The number of nitrogens with zero attached hydrogens (tertiary/aromatic N) is 2. The highest BCUT2D eigenvalue weighted by molar-refractivity contribution is 6.13. The molecule has 1 aliphatic rings. The van der Waals surface area contributed by atoms with Gasteiger partial charge in [-0.3, -0.25) is 19.8 Å². The van der Waals surface area contributed by atoms with Crippen LogP contribution >= 0.6 is 0 Å². The molecule has 1 N–H and O–H groups in total. The van der Waals surface area contributed by atoms with E-state index in [0.29, 0.717) is 12.1 Å². The SMILES string of the molecule is CCN1C(=O)NC(=Cc2ccc([N+](=O)[O-])cc2)C1=O. The fourth-order valence-corrected chi connectivity index (χ4v) is 1.72. The zero-order valence-electron chi connectivity index (χ0n) is 10.1. The third-order valence-electron chi connectivity index (χ3n) is 2.69. The molecule has 0 atom stereocenters. The molecule has 0 spiro atoms. The highest BCUT2D eigenvalue weighted by Crippen LogP contribution is 2.16. The first-order chi connectivity index (χ1) is 9.02. The van der Waals surface area contributed by atoms with E-state index in [1.165, 1.54) is 30.3 Å². The molecule has 7 nitrogen and oxygen atoms in total. The van der Waals surface area contributed by atoms with Crippen molar-refractivity contribution in [2.75, 3.05) is 6.54 Å². The maximum atomic E-state index is 11.8. The lowest BCUT2D eigenvalue weighted by Crippen LogP contribution is -2.30. The van der Waals surface area contributed by atoms with E-state index in [1.807, 2.05) is 0 Å². The van der Waals surface area contributed by atoms with Crippen molar-refractivity contribution < 1.29 is 14.5 Å². The molecule has 3 amide bonds. The van der Waals surface area contributed by atoms with Gasteiger partial charge in [0, 0.05) is 18.7 Å². The molecule has 7 heteroatoms. The second kappa shape index (κ2) is 4.89. The Labute approximate surface area is 108 Å². The molecule has 2 rings (SSSR count). The second-order valence-corrected chi connectivity index (χ2v) is 3.89. The van der Waals surface area contributed by atoms with Gasteiger partial charge < -0.3 is 5.32 Å². The quantitative estimate of drug-likeness (QED) is 0.386. The molecule has 19 heavy (non-hydrogen) atoms.